The van der Waals surface area contributed by atoms with E-state index in [4.69, 9.17) is 5.73 Å². The van der Waals surface area contributed by atoms with Crippen molar-refractivity contribution in [3.63, 3.8) is 0 Å². The van der Waals surface area contributed by atoms with Gasteiger partial charge in [0.1, 0.15) is 11.9 Å². The molecule has 0 saturated carbocycles. The number of pyridine rings is 1. The molecule has 0 aliphatic heterocycles. The van der Waals surface area contributed by atoms with Crippen molar-refractivity contribution in [1.29, 1.82) is 5.26 Å². The lowest BCUT2D eigenvalue weighted by Crippen LogP contribution is -2.29. The summed E-state index contributed by atoms with van der Waals surface area (Å²) in [5.41, 5.74) is 9.37. The summed E-state index contributed by atoms with van der Waals surface area (Å²) in [6, 6.07) is 14.2. The number of aromatic amines is 1. The molecule has 1 atom stereocenters. The van der Waals surface area contributed by atoms with E-state index in [2.05, 4.69) is 35.8 Å². The van der Waals surface area contributed by atoms with Crippen LogP contribution in [0.4, 0.5) is 20.4 Å². The minimum atomic E-state index is -1.02. The molecule has 194 valence electrons. The fourth-order valence-electron chi connectivity index (χ4n) is 3.94. The summed E-state index contributed by atoms with van der Waals surface area (Å²) in [5.74, 6) is -2.02. The number of nitrogens with two attached hydrogens (primary N) is 1. The van der Waals surface area contributed by atoms with Crippen LogP contribution in [0.5, 0.6) is 0 Å². The number of halogens is 2. The van der Waals surface area contributed by atoms with E-state index in [-0.39, 0.29) is 17.2 Å². The first-order valence-electron chi connectivity index (χ1n) is 11.8. The van der Waals surface area contributed by atoms with Crippen LogP contribution < -0.4 is 16.4 Å². The third kappa shape index (κ3) is 5.33. The highest BCUT2D eigenvalue weighted by Crippen LogP contribution is 2.25. The number of anilines is 2. The van der Waals surface area contributed by atoms with E-state index < -0.39 is 23.6 Å². The molecule has 3 aromatic heterocycles. The number of aromatic nitrogens is 5. The fraction of sp³-hybridized carbons (Fsp3) is 0.111. The maximum Gasteiger partial charge on any atom is 0.274 e. The molecule has 0 saturated heterocycles. The van der Waals surface area contributed by atoms with E-state index in [0.29, 0.717) is 23.6 Å². The Morgan fingerprint density at radius 2 is 1.87 bits per heavy atom. The standard InChI is InChI=1S/C27H21F2N9O/c1-14(17-6-7-21(28)22(29)9-17)35-27(39)23-26(34-13-19(10-30)36-23)32-11-15-2-4-16(5-3-15)18-8-20-24(31)37-38-25(20)33-12-18/h2-9,12-14H,11H2,1H3,(H,32,34)(H,35,39)(H3,31,33,37,38)/t14-/m1/s1. The van der Waals surface area contributed by atoms with E-state index in [1.165, 1.54) is 12.3 Å². The molecule has 0 fully saturated rings. The third-order valence-electron chi connectivity index (χ3n) is 6.08. The van der Waals surface area contributed by atoms with Gasteiger partial charge in [-0.3, -0.25) is 9.89 Å². The van der Waals surface area contributed by atoms with Crippen LogP contribution in [0.3, 0.4) is 0 Å². The number of carbonyl (C=O) groups excluding carboxylic acids is 1. The van der Waals surface area contributed by atoms with Crippen LogP contribution in [0, 0.1) is 23.0 Å². The topological polar surface area (TPSA) is 158 Å². The van der Waals surface area contributed by atoms with Crippen LogP contribution in [0.25, 0.3) is 22.2 Å². The molecule has 39 heavy (non-hydrogen) atoms. The highest BCUT2D eigenvalue weighted by molar-refractivity contribution is 5.97. The van der Waals surface area contributed by atoms with Gasteiger partial charge in [0.15, 0.2) is 34.5 Å². The van der Waals surface area contributed by atoms with E-state index in [1.54, 1.807) is 13.1 Å². The van der Waals surface area contributed by atoms with E-state index >= 15 is 0 Å². The van der Waals surface area contributed by atoms with Crippen LogP contribution in [-0.4, -0.2) is 31.1 Å². The Morgan fingerprint density at radius 3 is 2.62 bits per heavy atom. The number of benzene rings is 2. The Labute approximate surface area is 220 Å². The number of H-pyrrole nitrogens is 1. The molecular weight excluding hydrogens is 504 g/mol. The van der Waals surface area contributed by atoms with Crippen molar-refractivity contribution in [1.82, 2.24) is 30.5 Å². The molecule has 2 aromatic carbocycles. The normalized spacial score (nSPS) is 11.6. The highest BCUT2D eigenvalue weighted by Gasteiger charge is 2.19. The molecule has 0 unspecified atom stereocenters. The summed E-state index contributed by atoms with van der Waals surface area (Å²) in [6.07, 6.45) is 2.97. The first-order valence-corrected chi connectivity index (χ1v) is 11.8. The molecule has 3 heterocycles. The molecule has 10 nitrogen and oxygen atoms in total. The Hall–Kier alpha value is -5.44. The summed E-state index contributed by atoms with van der Waals surface area (Å²) in [7, 11) is 0. The fourth-order valence-corrected chi connectivity index (χ4v) is 3.94. The average molecular weight is 526 g/mol. The van der Waals surface area contributed by atoms with Crippen LogP contribution in [0.2, 0.25) is 0 Å². The number of fused-ring (bicyclic) bond motifs is 1. The average Bonchev–Trinajstić information content (AvgIpc) is 3.33. The van der Waals surface area contributed by atoms with Gasteiger partial charge >= 0.3 is 0 Å². The monoisotopic (exact) mass is 525 g/mol. The smallest absolute Gasteiger partial charge is 0.274 e. The van der Waals surface area contributed by atoms with Crippen molar-refractivity contribution in [2.45, 2.75) is 19.5 Å². The summed E-state index contributed by atoms with van der Waals surface area (Å²) >= 11 is 0. The lowest BCUT2D eigenvalue weighted by atomic mass is 10.0. The summed E-state index contributed by atoms with van der Waals surface area (Å²) in [6.45, 7) is 1.93. The zero-order chi connectivity index (χ0) is 27.5. The Balaban J connectivity index is 1.31. The SMILES string of the molecule is C[C@@H](NC(=O)c1nc(C#N)cnc1NCc1ccc(-c2cnc3n[nH]c(N)c3c2)cc1)c1ccc(F)c(F)c1. The van der Waals surface area contributed by atoms with Crippen molar-refractivity contribution in [2.24, 2.45) is 0 Å². The van der Waals surface area contributed by atoms with Gasteiger partial charge in [-0.05, 0) is 41.8 Å². The number of nitrogens with zero attached hydrogens (tertiary/aromatic N) is 5. The Morgan fingerprint density at radius 1 is 1.08 bits per heavy atom. The van der Waals surface area contributed by atoms with Crippen molar-refractivity contribution in [3.8, 4) is 17.2 Å². The predicted octanol–water partition coefficient (Wildman–Crippen LogP) is 4.25. The second-order valence-electron chi connectivity index (χ2n) is 8.72. The van der Waals surface area contributed by atoms with Crippen molar-refractivity contribution >= 4 is 28.6 Å². The van der Waals surface area contributed by atoms with Gasteiger partial charge in [-0.2, -0.15) is 10.4 Å². The third-order valence-corrected chi connectivity index (χ3v) is 6.08. The minimum Gasteiger partial charge on any atom is -0.384 e. The first kappa shape index (κ1) is 25.2. The summed E-state index contributed by atoms with van der Waals surface area (Å²) in [4.78, 5) is 25.6. The predicted molar refractivity (Wildman–Crippen MR) is 140 cm³/mol. The second kappa shape index (κ2) is 10.5. The molecular formula is C27H21F2N9O. The molecule has 5 rings (SSSR count). The molecule has 0 aliphatic carbocycles. The maximum atomic E-state index is 13.6. The van der Waals surface area contributed by atoms with Crippen molar-refractivity contribution in [3.05, 3.63) is 95.1 Å². The van der Waals surface area contributed by atoms with Gasteiger partial charge in [-0.1, -0.05) is 30.3 Å². The van der Waals surface area contributed by atoms with Gasteiger partial charge in [-0.25, -0.2) is 23.7 Å². The molecule has 0 aliphatic rings. The Kier molecular flexibility index (Phi) is 6.79. The van der Waals surface area contributed by atoms with Gasteiger partial charge in [0, 0.05) is 18.3 Å². The number of rotatable bonds is 7. The van der Waals surface area contributed by atoms with Crippen LogP contribution in [-0.2, 0) is 6.54 Å². The number of nitrogen functional groups attached to an aromatic ring is 1. The first-order chi connectivity index (χ1) is 18.8. The molecule has 12 heteroatoms. The summed E-state index contributed by atoms with van der Waals surface area (Å²) < 4.78 is 26.9. The van der Waals surface area contributed by atoms with Gasteiger partial charge in [0.05, 0.1) is 17.6 Å². The van der Waals surface area contributed by atoms with E-state index in [0.717, 1.165) is 34.2 Å². The maximum absolute atomic E-state index is 13.6. The van der Waals surface area contributed by atoms with Gasteiger partial charge in [0.2, 0.25) is 0 Å². The number of hydrogen-bond donors (Lipinski definition) is 4. The van der Waals surface area contributed by atoms with Gasteiger partial charge in [0.25, 0.3) is 5.91 Å². The molecule has 0 bridgehead atoms. The molecule has 1 amide bonds. The van der Waals surface area contributed by atoms with E-state index in [1.807, 2.05) is 36.4 Å². The number of amides is 1. The lowest BCUT2D eigenvalue weighted by molar-refractivity contribution is 0.0935. The van der Waals surface area contributed by atoms with Crippen molar-refractivity contribution < 1.29 is 13.6 Å². The summed E-state index contributed by atoms with van der Waals surface area (Å²) in [5, 5.41) is 22.5. The van der Waals surface area contributed by atoms with Gasteiger partial charge in [-0.15, -0.1) is 0 Å². The largest absolute Gasteiger partial charge is 0.384 e. The molecule has 5 N–H and O–H groups in total. The zero-order valence-electron chi connectivity index (χ0n) is 20.5. The Bertz CT molecular complexity index is 1730. The number of carbonyl (C=O) groups is 1. The lowest BCUT2D eigenvalue weighted by Gasteiger charge is -2.16. The zero-order valence-corrected chi connectivity index (χ0v) is 20.5. The molecule has 0 spiro atoms. The molecule has 0 radical (unpaired) electrons. The highest BCUT2D eigenvalue weighted by atomic mass is 19.2. The van der Waals surface area contributed by atoms with Crippen LogP contribution in [0.1, 0.15) is 40.3 Å². The minimum absolute atomic E-state index is 0.0422. The molecule has 5 aromatic rings. The van der Waals surface area contributed by atoms with Crippen molar-refractivity contribution in [2.75, 3.05) is 11.1 Å². The van der Waals surface area contributed by atoms with Crippen LogP contribution in [0.15, 0.2) is 60.9 Å². The van der Waals surface area contributed by atoms with E-state index in [9.17, 15) is 18.8 Å². The van der Waals surface area contributed by atoms with Gasteiger partial charge < -0.3 is 16.4 Å². The second-order valence-corrected chi connectivity index (χ2v) is 8.72. The van der Waals surface area contributed by atoms with Crippen LogP contribution >= 0.6 is 0 Å². The quantitative estimate of drug-likeness (QED) is 0.245. The number of hydrogen-bond acceptors (Lipinski definition) is 8. The number of nitriles is 1. The number of nitrogens with one attached hydrogen (secondary N) is 3.